The van der Waals surface area contributed by atoms with Crippen LogP contribution >= 0.6 is 11.3 Å². The van der Waals surface area contributed by atoms with Crippen molar-refractivity contribution in [3.05, 3.63) is 52.2 Å². The highest BCUT2D eigenvalue weighted by Gasteiger charge is 2.23. The fourth-order valence-electron chi connectivity index (χ4n) is 2.29. The van der Waals surface area contributed by atoms with E-state index in [-0.39, 0.29) is 17.9 Å². The van der Waals surface area contributed by atoms with Crippen molar-refractivity contribution in [3.63, 3.8) is 0 Å². The van der Waals surface area contributed by atoms with Gasteiger partial charge in [-0.3, -0.25) is 4.79 Å². The van der Waals surface area contributed by atoms with Crippen molar-refractivity contribution >= 4 is 22.9 Å². The van der Waals surface area contributed by atoms with E-state index in [9.17, 15) is 4.79 Å². The van der Waals surface area contributed by atoms with E-state index in [0.29, 0.717) is 11.6 Å². The predicted octanol–water partition coefficient (Wildman–Crippen LogP) is 3.95. The second-order valence-electron chi connectivity index (χ2n) is 5.64. The number of nitrogens with two attached hydrogens (primary N) is 1. The standard InChI is InChI=1S/C17H22N2OS/c1-11(2)16(15-8-5-9-21-15)19-17(20)12(3)13-6-4-7-14(18)10-13/h4-12,16H,18H2,1-3H3,(H,19,20). The van der Waals surface area contributed by atoms with Crippen LogP contribution in [0.2, 0.25) is 0 Å². The summed E-state index contributed by atoms with van der Waals surface area (Å²) >= 11 is 1.68. The predicted molar refractivity (Wildman–Crippen MR) is 89.3 cm³/mol. The summed E-state index contributed by atoms with van der Waals surface area (Å²) in [6, 6.07) is 11.7. The number of nitrogen functional groups attached to an aromatic ring is 1. The largest absolute Gasteiger partial charge is 0.399 e. The number of anilines is 1. The molecular formula is C17H22N2OS. The van der Waals surface area contributed by atoms with Gasteiger partial charge in [0.15, 0.2) is 0 Å². The molecule has 2 atom stereocenters. The first-order chi connectivity index (χ1) is 9.99. The zero-order valence-corrected chi connectivity index (χ0v) is 13.5. The van der Waals surface area contributed by atoms with E-state index in [2.05, 4.69) is 25.2 Å². The first-order valence-corrected chi connectivity index (χ1v) is 8.06. The van der Waals surface area contributed by atoms with Gasteiger partial charge in [-0.15, -0.1) is 11.3 Å². The second-order valence-corrected chi connectivity index (χ2v) is 6.62. The molecule has 1 aromatic heterocycles. The zero-order valence-electron chi connectivity index (χ0n) is 12.7. The van der Waals surface area contributed by atoms with Crippen LogP contribution in [-0.2, 0) is 4.79 Å². The number of carbonyl (C=O) groups is 1. The molecule has 1 aromatic carbocycles. The number of nitrogens with one attached hydrogen (secondary N) is 1. The van der Waals surface area contributed by atoms with E-state index < -0.39 is 0 Å². The van der Waals surface area contributed by atoms with Crippen molar-refractivity contribution in [1.82, 2.24) is 5.32 Å². The molecule has 1 amide bonds. The van der Waals surface area contributed by atoms with Gasteiger partial charge in [0.1, 0.15) is 0 Å². The summed E-state index contributed by atoms with van der Waals surface area (Å²) in [4.78, 5) is 13.7. The van der Waals surface area contributed by atoms with Crippen LogP contribution in [0.3, 0.4) is 0 Å². The molecule has 0 radical (unpaired) electrons. The highest BCUT2D eigenvalue weighted by Crippen LogP contribution is 2.27. The Hall–Kier alpha value is -1.81. The third-order valence-electron chi connectivity index (χ3n) is 3.62. The monoisotopic (exact) mass is 302 g/mol. The minimum absolute atomic E-state index is 0.0349. The Kier molecular flexibility index (Phi) is 5.02. The molecule has 0 aliphatic rings. The summed E-state index contributed by atoms with van der Waals surface area (Å²) in [5, 5.41) is 5.21. The molecule has 3 N–H and O–H groups in total. The number of rotatable bonds is 5. The first kappa shape index (κ1) is 15.6. The number of hydrogen-bond acceptors (Lipinski definition) is 3. The van der Waals surface area contributed by atoms with Crippen molar-refractivity contribution in [2.75, 3.05) is 5.73 Å². The minimum Gasteiger partial charge on any atom is -0.399 e. The lowest BCUT2D eigenvalue weighted by atomic mass is 9.97. The Labute approximate surface area is 130 Å². The Morgan fingerprint density at radius 3 is 2.52 bits per heavy atom. The average Bonchev–Trinajstić information content (AvgIpc) is 2.97. The van der Waals surface area contributed by atoms with Gasteiger partial charge in [-0.1, -0.05) is 32.0 Å². The summed E-state index contributed by atoms with van der Waals surface area (Å²) in [7, 11) is 0. The number of amides is 1. The molecule has 21 heavy (non-hydrogen) atoms. The van der Waals surface area contributed by atoms with Gasteiger partial charge in [-0.05, 0) is 42.0 Å². The van der Waals surface area contributed by atoms with Crippen LogP contribution in [0, 0.1) is 5.92 Å². The molecule has 2 aromatic rings. The molecule has 3 nitrogen and oxygen atoms in total. The van der Waals surface area contributed by atoms with E-state index in [4.69, 9.17) is 5.73 Å². The molecule has 0 aliphatic heterocycles. The summed E-state index contributed by atoms with van der Waals surface area (Å²) < 4.78 is 0. The third-order valence-corrected chi connectivity index (χ3v) is 4.57. The Bertz CT molecular complexity index is 593. The van der Waals surface area contributed by atoms with Crippen molar-refractivity contribution in [2.45, 2.75) is 32.7 Å². The Morgan fingerprint density at radius 2 is 1.95 bits per heavy atom. The molecule has 2 unspecified atom stereocenters. The molecule has 4 heteroatoms. The Morgan fingerprint density at radius 1 is 1.19 bits per heavy atom. The van der Waals surface area contributed by atoms with Gasteiger partial charge in [-0.25, -0.2) is 0 Å². The molecular weight excluding hydrogens is 280 g/mol. The molecule has 112 valence electrons. The van der Waals surface area contributed by atoms with Gasteiger partial charge in [0.25, 0.3) is 0 Å². The van der Waals surface area contributed by atoms with Crippen LogP contribution in [0.25, 0.3) is 0 Å². The fraction of sp³-hybridized carbons (Fsp3) is 0.353. The average molecular weight is 302 g/mol. The molecule has 0 bridgehead atoms. The number of benzene rings is 1. The van der Waals surface area contributed by atoms with Crippen molar-refractivity contribution < 1.29 is 4.79 Å². The van der Waals surface area contributed by atoms with E-state index in [1.54, 1.807) is 11.3 Å². The normalized spacial score (nSPS) is 13.9. The van der Waals surface area contributed by atoms with Gasteiger partial charge in [0.05, 0.1) is 12.0 Å². The smallest absolute Gasteiger partial charge is 0.227 e. The minimum atomic E-state index is -0.213. The van der Waals surface area contributed by atoms with E-state index in [0.717, 1.165) is 5.56 Å². The second kappa shape index (κ2) is 6.76. The molecule has 0 aliphatic carbocycles. The lowest BCUT2D eigenvalue weighted by Crippen LogP contribution is -2.34. The Balaban J connectivity index is 2.12. The van der Waals surface area contributed by atoms with Gasteiger partial charge < -0.3 is 11.1 Å². The maximum absolute atomic E-state index is 12.5. The summed E-state index contributed by atoms with van der Waals surface area (Å²) in [6.07, 6.45) is 0. The number of thiophene rings is 1. The van der Waals surface area contributed by atoms with E-state index in [1.807, 2.05) is 42.6 Å². The van der Waals surface area contributed by atoms with Gasteiger partial charge >= 0.3 is 0 Å². The molecule has 2 rings (SSSR count). The zero-order chi connectivity index (χ0) is 15.4. The van der Waals surface area contributed by atoms with E-state index in [1.165, 1.54) is 4.88 Å². The maximum atomic E-state index is 12.5. The molecule has 0 saturated carbocycles. The fourth-order valence-corrected chi connectivity index (χ4v) is 3.24. The van der Waals surface area contributed by atoms with Crippen LogP contribution in [0.1, 0.15) is 43.2 Å². The molecule has 0 saturated heterocycles. The van der Waals surface area contributed by atoms with Crippen LogP contribution in [0.5, 0.6) is 0 Å². The topological polar surface area (TPSA) is 55.1 Å². The maximum Gasteiger partial charge on any atom is 0.227 e. The molecule has 1 heterocycles. The molecule has 0 spiro atoms. The SMILES string of the molecule is CC(C(=O)NC(c1cccs1)C(C)C)c1cccc(N)c1. The lowest BCUT2D eigenvalue weighted by molar-refractivity contribution is -0.123. The van der Waals surface area contributed by atoms with Crippen molar-refractivity contribution in [1.29, 1.82) is 0 Å². The number of carbonyl (C=O) groups excluding carboxylic acids is 1. The lowest BCUT2D eigenvalue weighted by Gasteiger charge is -2.23. The van der Waals surface area contributed by atoms with Gasteiger partial charge in [-0.2, -0.15) is 0 Å². The third kappa shape index (κ3) is 3.85. The van der Waals surface area contributed by atoms with Crippen LogP contribution in [0.15, 0.2) is 41.8 Å². The van der Waals surface area contributed by atoms with Gasteiger partial charge in [0.2, 0.25) is 5.91 Å². The quantitative estimate of drug-likeness (QED) is 0.822. The summed E-state index contributed by atoms with van der Waals surface area (Å²) in [5.41, 5.74) is 7.42. The molecule has 0 fully saturated rings. The van der Waals surface area contributed by atoms with Crippen LogP contribution in [-0.4, -0.2) is 5.91 Å². The van der Waals surface area contributed by atoms with Crippen molar-refractivity contribution in [3.8, 4) is 0 Å². The highest BCUT2D eigenvalue weighted by molar-refractivity contribution is 7.10. The first-order valence-electron chi connectivity index (χ1n) is 7.18. The van der Waals surface area contributed by atoms with Crippen molar-refractivity contribution in [2.24, 2.45) is 5.92 Å². The van der Waals surface area contributed by atoms with E-state index >= 15 is 0 Å². The van der Waals surface area contributed by atoms with Crippen LogP contribution < -0.4 is 11.1 Å². The summed E-state index contributed by atoms with van der Waals surface area (Å²) in [6.45, 7) is 6.15. The summed E-state index contributed by atoms with van der Waals surface area (Å²) in [5.74, 6) is 0.169. The van der Waals surface area contributed by atoms with Crippen LogP contribution in [0.4, 0.5) is 5.69 Å². The van der Waals surface area contributed by atoms with Gasteiger partial charge in [0, 0.05) is 10.6 Å². The number of hydrogen-bond donors (Lipinski definition) is 2. The highest BCUT2D eigenvalue weighted by atomic mass is 32.1.